The Labute approximate surface area is 149 Å². The zero-order valence-corrected chi connectivity index (χ0v) is 14.4. The molecule has 1 saturated heterocycles. The molecular weight excluding hydrogens is 346 g/mol. The number of nitro groups is 1. The summed E-state index contributed by atoms with van der Waals surface area (Å²) in [5.74, 6) is 0.840. The van der Waals surface area contributed by atoms with Gasteiger partial charge in [0.1, 0.15) is 5.82 Å². The highest BCUT2D eigenvalue weighted by molar-refractivity contribution is 6.31. The summed E-state index contributed by atoms with van der Waals surface area (Å²) in [5.41, 5.74) is 7.15. The second-order valence-electron chi connectivity index (χ2n) is 5.83. The van der Waals surface area contributed by atoms with Crippen LogP contribution in [0, 0.1) is 17.0 Å². The molecule has 2 aromatic rings. The average Bonchev–Trinajstić information content (AvgIpc) is 2.80. The molecule has 25 heavy (non-hydrogen) atoms. The minimum Gasteiger partial charge on any atom is -0.379 e. The second-order valence-corrected chi connectivity index (χ2v) is 6.23. The number of nitrogens with two attached hydrogens (primary N) is 1. The van der Waals surface area contributed by atoms with E-state index in [-0.39, 0.29) is 17.7 Å². The summed E-state index contributed by atoms with van der Waals surface area (Å²) in [5, 5.41) is 11.6. The van der Waals surface area contributed by atoms with Crippen LogP contribution in [0.15, 0.2) is 24.3 Å². The first kappa shape index (κ1) is 17.4. The van der Waals surface area contributed by atoms with Crippen LogP contribution >= 0.6 is 11.6 Å². The zero-order valence-electron chi connectivity index (χ0n) is 13.7. The van der Waals surface area contributed by atoms with Crippen molar-refractivity contribution < 1.29 is 9.66 Å². The lowest BCUT2D eigenvalue weighted by atomic mass is 10.0. The van der Waals surface area contributed by atoms with Crippen LogP contribution in [0.25, 0.3) is 0 Å². The molecule has 1 atom stereocenters. The van der Waals surface area contributed by atoms with Gasteiger partial charge in [-0.05, 0) is 19.4 Å². The fraction of sp³-hybridized carbons (Fsp3) is 0.375. The Morgan fingerprint density at radius 2 is 2.20 bits per heavy atom. The van der Waals surface area contributed by atoms with E-state index in [9.17, 15) is 10.1 Å². The van der Waals surface area contributed by atoms with Crippen molar-refractivity contribution in [1.82, 2.24) is 9.97 Å². The third kappa shape index (κ3) is 3.80. The number of hydrogen-bond acceptors (Lipinski definition) is 7. The van der Waals surface area contributed by atoms with Crippen molar-refractivity contribution in [2.24, 2.45) is 0 Å². The minimum atomic E-state index is -0.436. The number of anilines is 2. The van der Waals surface area contributed by atoms with Crippen LogP contribution in [0.4, 0.5) is 17.5 Å². The van der Waals surface area contributed by atoms with Crippen LogP contribution in [-0.4, -0.2) is 34.6 Å². The summed E-state index contributed by atoms with van der Waals surface area (Å²) >= 11 is 6.34. The van der Waals surface area contributed by atoms with E-state index in [1.165, 1.54) is 18.2 Å². The summed E-state index contributed by atoms with van der Waals surface area (Å²) < 4.78 is 5.68. The van der Waals surface area contributed by atoms with Crippen molar-refractivity contribution in [3.63, 3.8) is 0 Å². The third-order valence-corrected chi connectivity index (χ3v) is 4.39. The second kappa shape index (κ2) is 7.20. The largest absolute Gasteiger partial charge is 0.379 e. The first-order chi connectivity index (χ1) is 12.0. The summed E-state index contributed by atoms with van der Waals surface area (Å²) in [6, 6.07) is 5.95. The molecule has 1 aliphatic heterocycles. The van der Waals surface area contributed by atoms with Crippen LogP contribution < -0.4 is 10.6 Å². The summed E-state index contributed by atoms with van der Waals surface area (Å²) in [6.07, 6.45) is 0.798. The van der Waals surface area contributed by atoms with E-state index >= 15 is 0 Å². The van der Waals surface area contributed by atoms with Gasteiger partial charge in [-0.1, -0.05) is 11.6 Å². The number of halogens is 1. The molecule has 3 rings (SSSR count). The normalized spacial score (nSPS) is 18.0. The number of nitrogens with zero attached hydrogens (tertiary/aromatic N) is 4. The highest BCUT2D eigenvalue weighted by Gasteiger charge is 2.28. The predicted molar refractivity (Wildman–Crippen MR) is 94.8 cm³/mol. The highest BCUT2D eigenvalue weighted by atomic mass is 35.5. The Morgan fingerprint density at radius 1 is 1.40 bits per heavy atom. The molecule has 1 aliphatic rings. The number of non-ortho nitro benzene ring substituents is 1. The van der Waals surface area contributed by atoms with Gasteiger partial charge in [-0.3, -0.25) is 10.1 Å². The summed E-state index contributed by atoms with van der Waals surface area (Å²) in [6.45, 7) is 3.45. The van der Waals surface area contributed by atoms with Crippen LogP contribution in [0.3, 0.4) is 0 Å². The predicted octanol–water partition coefficient (Wildman–Crippen LogP) is 2.90. The molecule has 1 aromatic carbocycles. The van der Waals surface area contributed by atoms with E-state index in [0.29, 0.717) is 36.2 Å². The monoisotopic (exact) mass is 363 g/mol. The Kier molecular flexibility index (Phi) is 5.00. The molecule has 2 heterocycles. The van der Waals surface area contributed by atoms with Gasteiger partial charge in [0, 0.05) is 47.6 Å². The number of benzene rings is 1. The molecule has 0 spiro atoms. The molecule has 0 radical (unpaired) electrons. The molecule has 132 valence electrons. The minimum absolute atomic E-state index is 0.0121. The van der Waals surface area contributed by atoms with Gasteiger partial charge >= 0.3 is 0 Å². The lowest BCUT2D eigenvalue weighted by Gasteiger charge is -2.31. The van der Waals surface area contributed by atoms with Crippen LogP contribution in [0.2, 0.25) is 5.02 Å². The molecule has 2 N–H and O–H groups in total. The number of nitrogen functional groups attached to an aromatic ring is 1. The third-order valence-electron chi connectivity index (χ3n) is 4.04. The molecule has 1 unspecified atom stereocenters. The molecule has 1 aromatic heterocycles. The van der Waals surface area contributed by atoms with Crippen LogP contribution in [-0.2, 0) is 4.74 Å². The molecule has 9 heteroatoms. The fourth-order valence-corrected chi connectivity index (χ4v) is 3.17. The van der Waals surface area contributed by atoms with Crippen LogP contribution in [0.5, 0.6) is 0 Å². The van der Waals surface area contributed by atoms with Gasteiger partial charge in [0.15, 0.2) is 0 Å². The average molecular weight is 364 g/mol. The number of hydrogen-bond donors (Lipinski definition) is 1. The number of aromatic nitrogens is 2. The SMILES string of the molecule is Cc1cc(N2CCCOCC2c2cc([N+](=O)[O-])ccc2Cl)nc(N)n1. The molecular formula is C16H18ClN5O3. The first-order valence-electron chi connectivity index (χ1n) is 7.85. The topological polar surface area (TPSA) is 107 Å². The van der Waals surface area contributed by atoms with Crippen molar-refractivity contribution in [3.05, 3.63) is 50.7 Å². The molecule has 8 nitrogen and oxygen atoms in total. The van der Waals surface area contributed by atoms with Gasteiger partial charge in [-0.2, -0.15) is 4.98 Å². The van der Waals surface area contributed by atoms with E-state index in [4.69, 9.17) is 22.1 Å². The molecule has 0 saturated carbocycles. The Bertz CT molecular complexity index is 781. The van der Waals surface area contributed by atoms with Crippen molar-refractivity contribution in [2.75, 3.05) is 30.4 Å². The maximum atomic E-state index is 11.1. The van der Waals surface area contributed by atoms with Gasteiger partial charge in [0.25, 0.3) is 5.69 Å². The lowest BCUT2D eigenvalue weighted by Crippen LogP contribution is -2.32. The molecule has 0 aliphatic carbocycles. The lowest BCUT2D eigenvalue weighted by molar-refractivity contribution is -0.384. The molecule has 1 fully saturated rings. The number of nitro benzene ring substituents is 1. The Balaban J connectivity index is 2.07. The van der Waals surface area contributed by atoms with Gasteiger partial charge in [0.2, 0.25) is 5.95 Å². The quantitative estimate of drug-likeness (QED) is 0.659. The molecule has 0 amide bonds. The maximum absolute atomic E-state index is 11.1. The van der Waals surface area contributed by atoms with E-state index in [0.717, 1.165) is 12.1 Å². The van der Waals surface area contributed by atoms with Gasteiger partial charge in [-0.15, -0.1) is 0 Å². The van der Waals surface area contributed by atoms with Gasteiger partial charge in [-0.25, -0.2) is 4.98 Å². The van der Waals surface area contributed by atoms with Gasteiger partial charge < -0.3 is 15.4 Å². The Hall–Kier alpha value is -2.45. The van der Waals surface area contributed by atoms with E-state index in [2.05, 4.69) is 9.97 Å². The van der Waals surface area contributed by atoms with Crippen molar-refractivity contribution in [1.29, 1.82) is 0 Å². The van der Waals surface area contributed by atoms with Crippen molar-refractivity contribution in [3.8, 4) is 0 Å². The summed E-state index contributed by atoms with van der Waals surface area (Å²) in [7, 11) is 0. The van der Waals surface area contributed by atoms with E-state index in [1.54, 1.807) is 0 Å². The van der Waals surface area contributed by atoms with E-state index in [1.807, 2.05) is 17.9 Å². The summed E-state index contributed by atoms with van der Waals surface area (Å²) in [4.78, 5) is 21.1. The fourth-order valence-electron chi connectivity index (χ4n) is 2.93. The van der Waals surface area contributed by atoms with E-state index < -0.39 is 4.92 Å². The number of rotatable bonds is 3. The maximum Gasteiger partial charge on any atom is 0.269 e. The highest BCUT2D eigenvalue weighted by Crippen LogP contribution is 2.35. The first-order valence-corrected chi connectivity index (χ1v) is 8.23. The standard InChI is InChI=1S/C16H18ClN5O3/c1-10-7-15(20-16(18)19-10)21-5-2-6-25-9-14(21)12-8-11(22(23)24)3-4-13(12)17/h3-4,7-8,14H,2,5-6,9H2,1H3,(H2,18,19,20). The van der Waals surface area contributed by atoms with Crippen molar-refractivity contribution in [2.45, 2.75) is 19.4 Å². The smallest absolute Gasteiger partial charge is 0.269 e. The van der Waals surface area contributed by atoms with Crippen molar-refractivity contribution >= 4 is 29.1 Å². The van der Waals surface area contributed by atoms with Gasteiger partial charge in [0.05, 0.1) is 17.6 Å². The Morgan fingerprint density at radius 3 is 2.92 bits per heavy atom. The van der Waals surface area contributed by atoms with Crippen LogP contribution in [0.1, 0.15) is 23.7 Å². The number of ether oxygens (including phenoxy) is 1. The zero-order chi connectivity index (χ0) is 18.0. The number of aryl methyl sites for hydroxylation is 1. The molecule has 0 bridgehead atoms.